The van der Waals surface area contributed by atoms with Crippen molar-refractivity contribution in [1.29, 1.82) is 0 Å². The standard InChI is InChI=1S/C21H24N4O2/c1-14-20(15(2)25(3)24-14)19-13-17(10-12-22-19)21(26)23-11-9-16-5-7-18(27-4)8-6-16/h5-8,10,12-13H,9,11H2,1-4H3,(H,23,26). The smallest absolute Gasteiger partial charge is 0.251 e. The summed E-state index contributed by atoms with van der Waals surface area (Å²) in [4.78, 5) is 16.9. The molecule has 0 unspecified atom stereocenters. The van der Waals surface area contributed by atoms with Gasteiger partial charge in [-0.25, -0.2) is 0 Å². The van der Waals surface area contributed by atoms with Crippen LogP contribution in [0.4, 0.5) is 0 Å². The number of carbonyl (C=O) groups is 1. The molecule has 0 aliphatic rings. The number of pyridine rings is 1. The van der Waals surface area contributed by atoms with E-state index in [9.17, 15) is 4.79 Å². The second kappa shape index (κ2) is 8.03. The third kappa shape index (κ3) is 4.16. The minimum atomic E-state index is -0.105. The third-order valence-electron chi connectivity index (χ3n) is 4.65. The van der Waals surface area contributed by atoms with Gasteiger partial charge in [0.05, 0.1) is 18.5 Å². The van der Waals surface area contributed by atoms with E-state index in [4.69, 9.17) is 4.74 Å². The third-order valence-corrected chi connectivity index (χ3v) is 4.65. The zero-order valence-corrected chi connectivity index (χ0v) is 16.1. The summed E-state index contributed by atoms with van der Waals surface area (Å²) < 4.78 is 6.98. The Bertz CT molecular complexity index is 945. The first-order valence-corrected chi connectivity index (χ1v) is 8.87. The number of rotatable bonds is 6. The Morgan fingerprint density at radius 1 is 1.19 bits per heavy atom. The molecule has 27 heavy (non-hydrogen) atoms. The Morgan fingerprint density at radius 3 is 2.56 bits per heavy atom. The molecule has 3 aromatic rings. The molecule has 2 heterocycles. The maximum atomic E-state index is 12.5. The molecular weight excluding hydrogens is 340 g/mol. The maximum absolute atomic E-state index is 12.5. The lowest BCUT2D eigenvalue weighted by Crippen LogP contribution is -2.25. The van der Waals surface area contributed by atoms with Crippen molar-refractivity contribution in [3.05, 3.63) is 65.1 Å². The quantitative estimate of drug-likeness (QED) is 0.730. The molecule has 0 atom stereocenters. The Balaban J connectivity index is 1.66. The monoisotopic (exact) mass is 364 g/mol. The number of amides is 1. The van der Waals surface area contributed by atoms with Crippen LogP contribution in [0.3, 0.4) is 0 Å². The van der Waals surface area contributed by atoms with E-state index in [-0.39, 0.29) is 5.91 Å². The number of hydrogen-bond acceptors (Lipinski definition) is 4. The molecule has 1 N–H and O–H groups in total. The lowest BCUT2D eigenvalue weighted by Gasteiger charge is -2.08. The highest BCUT2D eigenvalue weighted by atomic mass is 16.5. The largest absolute Gasteiger partial charge is 0.497 e. The van der Waals surface area contributed by atoms with Gasteiger partial charge in [0.2, 0.25) is 0 Å². The summed E-state index contributed by atoms with van der Waals surface area (Å²) in [6.45, 7) is 4.51. The molecular formula is C21H24N4O2. The minimum Gasteiger partial charge on any atom is -0.497 e. The number of hydrogen-bond donors (Lipinski definition) is 1. The van der Waals surface area contributed by atoms with Crippen LogP contribution in [0.25, 0.3) is 11.3 Å². The van der Waals surface area contributed by atoms with Crippen molar-refractivity contribution in [2.45, 2.75) is 20.3 Å². The normalized spacial score (nSPS) is 10.7. The first-order valence-electron chi connectivity index (χ1n) is 8.87. The van der Waals surface area contributed by atoms with Crippen LogP contribution < -0.4 is 10.1 Å². The number of ether oxygens (including phenoxy) is 1. The summed E-state index contributed by atoms with van der Waals surface area (Å²) in [5.74, 6) is 0.722. The van der Waals surface area contributed by atoms with Gasteiger partial charge in [-0.3, -0.25) is 14.5 Å². The highest BCUT2D eigenvalue weighted by Crippen LogP contribution is 2.25. The second-order valence-electron chi connectivity index (χ2n) is 6.45. The average Bonchev–Trinajstić information content (AvgIpc) is 2.94. The van der Waals surface area contributed by atoms with Gasteiger partial charge in [0, 0.05) is 36.6 Å². The molecule has 0 spiro atoms. The Labute approximate surface area is 159 Å². The summed E-state index contributed by atoms with van der Waals surface area (Å²) >= 11 is 0. The SMILES string of the molecule is COc1ccc(CCNC(=O)c2ccnc(-c3c(C)nn(C)c3C)c2)cc1. The van der Waals surface area contributed by atoms with Crippen LogP contribution in [0.1, 0.15) is 27.3 Å². The van der Waals surface area contributed by atoms with Gasteiger partial charge in [-0.05, 0) is 50.1 Å². The molecule has 6 nitrogen and oxygen atoms in total. The van der Waals surface area contributed by atoms with E-state index < -0.39 is 0 Å². The van der Waals surface area contributed by atoms with E-state index in [2.05, 4.69) is 15.4 Å². The summed E-state index contributed by atoms with van der Waals surface area (Å²) in [5, 5.41) is 7.39. The fourth-order valence-electron chi connectivity index (χ4n) is 3.07. The molecule has 0 aliphatic carbocycles. The van der Waals surface area contributed by atoms with Gasteiger partial charge >= 0.3 is 0 Å². The number of nitrogens with zero attached hydrogens (tertiary/aromatic N) is 3. The van der Waals surface area contributed by atoms with Crippen molar-refractivity contribution in [2.24, 2.45) is 7.05 Å². The number of methoxy groups -OCH3 is 1. The zero-order valence-electron chi connectivity index (χ0n) is 16.1. The van der Waals surface area contributed by atoms with Crippen molar-refractivity contribution < 1.29 is 9.53 Å². The van der Waals surface area contributed by atoms with Gasteiger partial charge in [-0.1, -0.05) is 12.1 Å². The van der Waals surface area contributed by atoms with Crippen molar-refractivity contribution in [3.63, 3.8) is 0 Å². The molecule has 0 saturated heterocycles. The highest BCUT2D eigenvalue weighted by Gasteiger charge is 2.15. The van der Waals surface area contributed by atoms with Crippen LogP contribution in [-0.4, -0.2) is 34.3 Å². The summed E-state index contributed by atoms with van der Waals surface area (Å²) in [5.41, 5.74) is 5.41. The molecule has 0 bridgehead atoms. The molecule has 140 valence electrons. The number of carbonyl (C=O) groups excluding carboxylic acids is 1. The molecule has 0 radical (unpaired) electrons. The van der Waals surface area contributed by atoms with Gasteiger partial charge in [0.1, 0.15) is 5.75 Å². The first-order chi connectivity index (χ1) is 13.0. The molecule has 0 aliphatic heterocycles. The highest BCUT2D eigenvalue weighted by molar-refractivity contribution is 5.95. The van der Waals surface area contributed by atoms with Crippen LogP contribution >= 0.6 is 0 Å². The number of benzene rings is 1. The van der Waals surface area contributed by atoms with Crippen LogP contribution in [0.5, 0.6) is 5.75 Å². The predicted octanol–water partition coefficient (Wildman–Crippen LogP) is 3.08. The van der Waals surface area contributed by atoms with E-state index >= 15 is 0 Å². The number of nitrogens with one attached hydrogen (secondary N) is 1. The van der Waals surface area contributed by atoms with Crippen molar-refractivity contribution in [3.8, 4) is 17.0 Å². The topological polar surface area (TPSA) is 69.0 Å². The van der Waals surface area contributed by atoms with Crippen LogP contribution in [0.15, 0.2) is 42.6 Å². The Morgan fingerprint density at radius 2 is 1.93 bits per heavy atom. The molecule has 3 rings (SSSR count). The lowest BCUT2D eigenvalue weighted by atomic mass is 10.1. The molecule has 2 aromatic heterocycles. The number of aryl methyl sites for hydroxylation is 2. The van der Waals surface area contributed by atoms with Gasteiger partial charge in [-0.15, -0.1) is 0 Å². The first kappa shape index (κ1) is 18.6. The predicted molar refractivity (Wildman–Crippen MR) is 105 cm³/mol. The fraction of sp³-hybridized carbons (Fsp3) is 0.286. The summed E-state index contributed by atoms with van der Waals surface area (Å²) in [6.07, 6.45) is 2.42. The van der Waals surface area contributed by atoms with Crippen LogP contribution in [0.2, 0.25) is 0 Å². The van der Waals surface area contributed by atoms with Crippen molar-refractivity contribution in [2.75, 3.05) is 13.7 Å². The van der Waals surface area contributed by atoms with Crippen molar-refractivity contribution >= 4 is 5.91 Å². The minimum absolute atomic E-state index is 0.105. The van der Waals surface area contributed by atoms with Gasteiger partial charge < -0.3 is 10.1 Å². The summed E-state index contributed by atoms with van der Waals surface area (Å²) in [6, 6.07) is 11.4. The second-order valence-corrected chi connectivity index (χ2v) is 6.45. The van der Waals surface area contributed by atoms with E-state index in [1.54, 1.807) is 19.4 Å². The molecule has 0 saturated carbocycles. The number of aromatic nitrogens is 3. The van der Waals surface area contributed by atoms with Crippen molar-refractivity contribution in [1.82, 2.24) is 20.1 Å². The van der Waals surface area contributed by atoms with Gasteiger partial charge in [-0.2, -0.15) is 5.10 Å². The lowest BCUT2D eigenvalue weighted by molar-refractivity contribution is 0.0954. The van der Waals surface area contributed by atoms with Crippen LogP contribution in [-0.2, 0) is 13.5 Å². The molecule has 0 fully saturated rings. The summed E-state index contributed by atoms with van der Waals surface area (Å²) in [7, 11) is 3.55. The Hall–Kier alpha value is -3.15. The maximum Gasteiger partial charge on any atom is 0.251 e. The van der Waals surface area contributed by atoms with E-state index in [1.807, 2.05) is 55.9 Å². The molecule has 1 aromatic carbocycles. The van der Waals surface area contributed by atoms with Crippen LogP contribution in [0, 0.1) is 13.8 Å². The molecule has 1 amide bonds. The van der Waals surface area contributed by atoms with E-state index in [0.29, 0.717) is 12.1 Å². The zero-order chi connectivity index (χ0) is 19.4. The fourth-order valence-corrected chi connectivity index (χ4v) is 3.07. The Kier molecular flexibility index (Phi) is 5.54. The average molecular weight is 364 g/mol. The van der Waals surface area contributed by atoms with E-state index in [0.717, 1.165) is 40.4 Å². The van der Waals surface area contributed by atoms with E-state index in [1.165, 1.54) is 0 Å². The van der Waals surface area contributed by atoms with Gasteiger partial charge in [0.15, 0.2) is 0 Å². The van der Waals surface area contributed by atoms with Gasteiger partial charge in [0.25, 0.3) is 5.91 Å². The molecule has 6 heteroatoms.